The van der Waals surface area contributed by atoms with Gasteiger partial charge in [0.25, 0.3) is 0 Å². The number of ether oxygens (including phenoxy) is 1. The van der Waals surface area contributed by atoms with Crippen LogP contribution < -0.4 is 10.6 Å². The average Bonchev–Trinajstić information content (AvgIpc) is 2.85. The molecule has 1 aromatic rings. The topological polar surface area (TPSA) is 87.7 Å². The zero-order chi connectivity index (χ0) is 29.4. The van der Waals surface area contributed by atoms with Gasteiger partial charge in [-0.15, -0.1) is 0 Å². The average molecular weight is 562 g/mol. The molecule has 0 aliphatic carbocycles. The van der Waals surface area contributed by atoms with E-state index in [0.717, 1.165) is 37.7 Å². The van der Waals surface area contributed by atoms with Gasteiger partial charge in [-0.05, 0) is 76.7 Å². The van der Waals surface area contributed by atoms with Gasteiger partial charge in [-0.1, -0.05) is 69.9 Å². The first-order valence-electron chi connectivity index (χ1n) is 14.2. The molecule has 7 nitrogen and oxygen atoms in total. The minimum absolute atomic E-state index is 0.0965. The van der Waals surface area contributed by atoms with Gasteiger partial charge in [0, 0.05) is 12.6 Å². The lowest BCUT2D eigenvalue weighted by molar-refractivity contribution is -0.142. The number of thioether (sulfide) groups is 1. The Balaban J connectivity index is 3.45. The summed E-state index contributed by atoms with van der Waals surface area (Å²) in [5, 5.41) is 5.81. The summed E-state index contributed by atoms with van der Waals surface area (Å²) in [5.74, 6) is 0.147. The van der Waals surface area contributed by atoms with Crippen molar-refractivity contribution >= 4 is 35.7 Å². The molecular weight excluding hydrogens is 510 g/mol. The Hall–Kier alpha value is -2.48. The molecule has 2 N–H and O–H groups in total. The lowest BCUT2D eigenvalue weighted by atomic mass is 9.99. The minimum Gasteiger partial charge on any atom is -0.444 e. The molecule has 1 rings (SSSR count). The van der Waals surface area contributed by atoms with E-state index in [0.29, 0.717) is 24.3 Å². The summed E-state index contributed by atoms with van der Waals surface area (Å²) in [6, 6.07) is 5.81. The molecule has 8 heteroatoms. The van der Waals surface area contributed by atoms with Crippen molar-refractivity contribution in [3.63, 3.8) is 0 Å². The molecule has 39 heavy (non-hydrogen) atoms. The zero-order valence-electron chi connectivity index (χ0n) is 25.2. The van der Waals surface area contributed by atoms with Crippen molar-refractivity contribution in [1.29, 1.82) is 0 Å². The number of unbranched alkanes of at least 4 members (excludes halogenated alkanes) is 5. The number of rotatable bonds is 17. The van der Waals surface area contributed by atoms with E-state index < -0.39 is 23.8 Å². The Bertz CT molecular complexity index is 913. The Morgan fingerprint density at radius 2 is 1.74 bits per heavy atom. The van der Waals surface area contributed by atoms with Crippen LogP contribution in [0, 0.1) is 0 Å². The highest BCUT2D eigenvalue weighted by atomic mass is 32.2. The molecule has 0 radical (unpaired) electrons. The fourth-order valence-corrected chi connectivity index (χ4v) is 4.74. The monoisotopic (exact) mass is 561 g/mol. The molecule has 220 valence electrons. The number of amides is 3. The van der Waals surface area contributed by atoms with E-state index in [1.807, 2.05) is 44.4 Å². The van der Waals surface area contributed by atoms with E-state index in [4.69, 9.17) is 4.74 Å². The van der Waals surface area contributed by atoms with E-state index in [2.05, 4.69) is 24.1 Å². The first-order valence-corrected chi connectivity index (χ1v) is 15.6. The molecular formula is C31H51N3O4S. The number of benzene rings is 1. The van der Waals surface area contributed by atoms with Crippen LogP contribution in [0.5, 0.6) is 0 Å². The van der Waals surface area contributed by atoms with Crippen LogP contribution in [0.2, 0.25) is 0 Å². The fourth-order valence-electron chi connectivity index (χ4n) is 4.26. The summed E-state index contributed by atoms with van der Waals surface area (Å²) in [4.78, 5) is 42.3. The van der Waals surface area contributed by atoms with Gasteiger partial charge < -0.3 is 20.3 Å². The van der Waals surface area contributed by atoms with E-state index in [-0.39, 0.29) is 17.9 Å². The van der Waals surface area contributed by atoms with Crippen LogP contribution in [0.4, 0.5) is 4.79 Å². The first-order chi connectivity index (χ1) is 18.4. The predicted octanol–water partition coefficient (Wildman–Crippen LogP) is 6.73. The number of nitrogens with one attached hydrogen (secondary N) is 2. The minimum atomic E-state index is -0.840. The molecule has 3 amide bonds. The molecule has 0 bridgehead atoms. The number of hydrogen-bond acceptors (Lipinski definition) is 5. The molecule has 2 atom stereocenters. The van der Waals surface area contributed by atoms with E-state index in [1.165, 1.54) is 6.42 Å². The third-order valence-electron chi connectivity index (χ3n) is 6.09. The summed E-state index contributed by atoms with van der Waals surface area (Å²) >= 11 is 1.60. The van der Waals surface area contributed by atoms with Crippen LogP contribution in [0.15, 0.2) is 30.8 Å². The highest BCUT2D eigenvalue weighted by Gasteiger charge is 2.36. The second-order valence-corrected chi connectivity index (χ2v) is 12.2. The third kappa shape index (κ3) is 13.4. The molecule has 0 aromatic heterocycles. The lowest BCUT2D eigenvalue weighted by Gasteiger charge is -2.35. The summed E-state index contributed by atoms with van der Waals surface area (Å²) < 4.78 is 5.47. The van der Waals surface area contributed by atoms with Crippen LogP contribution in [0.1, 0.15) is 104 Å². The number of alkyl carbamates (subject to hydrolysis) is 1. The highest BCUT2D eigenvalue weighted by molar-refractivity contribution is 7.98. The largest absolute Gasteiger partial charge is 0.444 e. The molecule has 2 unspecified atom stereocenters. The predicted molar refractivity (Wildman–Crippen MR) is 164 cm³/mol. The van der Waals surface area contributed by atoms with Crippen molar-refractivity contribution in [3.05, 3.63) is 42.0 Å². The van der Waals surface area contributed by atoms with Crippen molar-refractivity contribution < 1.29 is 19.1 Å². The summed E-state index contributed by atoms with van der Waals surface area (Å²) in [6.07, 6.45) is 9.79. The fraction of sp³-hybridized carbons (Fsp3) is 0.645. The molecule has 0 saturated carbocycles. The van der Waals surface area contributed by atoms with Crippen LogP contribution in [0.25, 0.3) is 6.08 Å². The molecule has 0 saturated heterocycles. The molecule has 0 heterocycles. The summed E-state index contributed by atoms with van der Waals surface area (Å²) in [5.41, 5.74) is 0.888. The molecule has 0 aliphatic rings. The molecule has 1 aromatic carbocycles. The van der Waals surface area contributed by atoms with E-state index >= 15 is 0 Å². The van der Waals surface area contributed by atoms with Crippen LogP contribution in [0.3, 0.4) is 0 Å². The molecule has 0 aliphatic heterocycles. The van der Waals surface area contributed by atoms with Crippen molar-refractivity contribution in [2.75, 3.05) is 18.6 Å². The second kappa shape index (κ2) is 18.0. The van der Waals surface area contributed by atoms with Crippen LogP contribution in [-0.2, 0) is 14.3 Å². The van der Waals surface area contributed by atoms with Crippen molar-refractivity contribution in [2.45, 2.75) is 110 Å². The zero-order valence-corrected chi connectivity index (χ0v) is 26.0. The second-order valence-electron chi connectivity index (χ2n) is 11.2. The highest BCUT2D eigenvalue weighted by Crippen LogP contribution is 2.26. The Morgan fingerprint density at radius 3 is 2.33 bits per heavy atom. The van der Waals surface area contributed by atoms with Crippen molar-refractivity contribution in [3.8, 4) is 0 Å². The van der Waals surface area contributed by atoms with Gasteiger partial charge in [0.05, 0.1) is 0 Å². The quantitative estimate of drug-likeness (QED) is 0.206. The van der Waals surface area contributed by atoms with E-state index in [1.54, 1.807) is 43.5 Å². The summed E-state index contributed by atoms with van der Waals surface area (Å²) in [6.45, 7) is 15.6. The number of nitrogens with zero attached hydrogens (tertiary/aromatic N) is 1. The smallest absolute Gasteiger partial charge is 0.408 e. The standard InChI is InChI=1S/C31H51N3O4S/c1-9-11-12-13-14-15-20-34(29(36)26(19-21-39-8)33-30(37)38-31(5,6)7)27(28(35)32-23(3)4)25-18-16-17-24(10-2)22-25/h10,16-18,22-23,26-27H,2,9,11-15,19-21H2,1,3-8H3,(H,32,35)(H,33,37). The van der Waals surface area contributed by atoms with Crippen molar-refractivity contribution in [1.82, 2.24) is 15.5 Å². The Morgan fingerprint density at radius 1 is 1.08 bits per heavy atom. The molecule has 0 fully saturated rings. The summed E-state index contributed by atoms with van der Waals surface area (Å²) in [7, 11) is 0. The lowest BCUT2D eigenvalue weighted by Crippen LogP contribution is -2.54. The van der Waals surface area contributed by atoms with Crippen LogP contribution in [-0.4, -0.2) is 59.0 Å². The normalized spacial score (nSPS) is 12.9. The van der Waals surface area contributed by atoms with Gasteiger partial charge in [-0.3, -0.25) is 9.59 Å². The number of carbonyl (C=O) groups is 3. The first kappa shape index (κ1) is 34.5. The SMILES string of the molecule is C=Cc1cccc(C(C(=O)NC(C)C)N(CCCCCCCC)C(=O)C(CCSC)NC(=O)OC(C)(C)C)c1. The maximum atomic E-state index is 14.2. The Labute approximate surface area is 240 Å². The van der Waals surface area contributed by atoms with E-state index in [9.17, 15) is 14.4 Å². The maximum absolute atomic E-state index is 14.2. The number of carbonyl (C=O) groups excluding carboxylic acids is 3. The third-order valence-corrected chi connectivity index (χ3v) is 6.73. The maximum Gasteiger partial charge on any atom is 0.408 e. The molecule has 0 spiro atoms. The Kier molecular flexibility index (Phi) is 15.9. The van der Waals surface area contributed by atoms with Crippen LogP contribution >= 0.6 is 11.8 Å². The van der Waals surface area contributed by atoms with Crippen molar-refractivity contribution in [2.24, 2.45) is 0 Å². The van der Waals surface area contributed by atoms with Gasteiger partial charge in [0.15, 0.2) is 0 Å². The van der Waals surface area contributed by atoms with Gasteiger partial charge in [0.1, 0.15) is 17.7 Å². The van der Waals surface area contributed by atoms with Gasteiger partial charge in [0.2, 0.25) is 11.8 Å². The van der Waals surface area contributed by atoms with Gasteiger partial charge in [-0.2, -0.15) is 11.8 Å². The van der Waals surface area contributed by atoms with Gasteiger partial charge >= 0.3 is 6.09 Å². The number of hydrogen-bond donors (Lipinski definition) is 2. The van der Waals surface area contributed by atoms with Gasteiger partial charge in [-0.25, -0.2) is 4.79 Å².